The average molecular weight is 235 g/mol. The maximum Gasteiger partial charge on any atom is 0.255 e. The highest BCUT2D eigenvalue weighted by Gasteiger charge is 2.13. The number of carbonyl (C=O) groups excluding carboxylic acids is 1. The molecule has 0 aliphatic heterocycles. The summed E-state index contributed by atoms with van der Waals surface area (Å²) in [5.74, 6) is 0.589. The van der Waals surface area contributed by atoms with Crippen LogP contribution >= 0.6 is 0 Å². The number of carbonyl (C=O) groups is 1. The quantitative estimate of drug-likeness (QED) is 0.796. The summed E-state index contributed by atoms with van der Waals surface area (Å²) < 4.78 is 0. The van der Waals surface area contributed by atoms with E-state index in [4.69, 9.17) is 0 Å². The van der Waals surface area contributed by atoms with Gasteiger partial charge in [-0.2, -0.15) is 0 Å². The zero-order valence-corrected chi connectivity index (χ0v) is 10.8. The molecule has 0 bridgehead atoms. The molecule has 1 aromatic heterocycles. The van der Waals surface area contributed by atoms with Crippen LogP contribution in [0.3, 0.4) is 0 Å². The van der Waals surface area contributed by atoms with E-state index >= 15 is 0 Å². The molecule has 0 aliphatic carbocycles. The Morgan fingerprint density at radius 1 is 1.47 bits per heavy atom. The first-order valence-electron chi connectivity index (χ1n) is 6.18. The summed E-state index contributed by atoms with van der Waals surface area (Å²) in [7, 11) is 0. The topological polar surface area (TPSA) is 54.0 Å². The molecule has 0 radical (unpaired) electrons. The fraction of sp³-hybridized carbons (Fsp3) is 0.538. The Balaban J connectivity index is 2.74. The fourth-order valence-electron chi connectivity index (χ4n) is 1.70. The van der Waals surface area contributed by atoms with E-state index in [0.717, 1.165) is 19.4 Å². The molecule has 0 fully saturated rings. The highest BCUT2D eigenvalue weighted by molar-refractivity contribution is 5.98. The van der Waals surface area contributed by atoms with Gasteiger partial charge in [-0.25, -0.2) is 4.98 Å². The third kappa shape index (κ3) is 4.06. The van der Waals surface area contributed by atoms with Crippen molar-refractivity contribution in [2.75, 3.05) is 11.9 Å². The first-order chi connectivity index (χ1) is 8.19. The van der Waals surface area contributed by atoms with E-state index < -0.39 is 0 Å². The molecular weight excluding hydrogens is 214 g/mol. The standard InChI is InChI=1S/C13H21N3O/c1-4-7-10(3)16-13(17)11-8-6-9-15-12(11)14-5-2/h6,8-10H,4-5,7H2,1-3H3,(H,14,15)(H,16,17). The van der Waals surface area contributed by atoms with Gasteiger partial charge in [0.1, 0.15) is 5.82 Å². The first-order valence-corrected chi connectivity index (χ1v) is 6.18. The predicted molar refractivity (Wildman–Crippen MR) is 70.2 cm³/mol. The second-order valence-electron chi connectivity index (χ2n) is 4.09. The molecular formula is C13H21N3O. The van der Waals surface area contributed by atoms with E-state index in [0.29, 0.717) is 11.4 Å². The Bertz CT molecular complexity index is 365. The first kappa shape index (κ1) is 13.5. The van der Waals surface area contributed by atoms with Crippen LogP contribution in [0.1, 0.15) is 44.0 Å². The van der Waals surface area contributed by atoms with Crippen LogP contribution in [0.2, 0.25) is 0 Å². The summed E-state index contributed by atoms with van der Waals surface area (Å²) in [6.07, 6.45) is 3.74. The molecule has 4 heteroatoms. The minimum Gasteiger partial charge on any atom is -0.370 e. The molecule has 1 amide bonds. The monoisotopic (exact) mass is 235 g/mol. The fourth-order valence-corrected chi connectivity index (χ4v) is 1.70. The Morgan fingerprint density at radius 3 is 2.88 bits per heavy atom. The second kappa shape index (κ2) is 6.89. The number of nitrogens with zero attached hydrogens (tertiary/aromatic N) is 1. The van der Waals surface area contributed by atoms with Crippen LogP contribution < -0.4 is 10.6 Å². The maximum absolute atomic E-state index is 12.0. The number of nitrogens with one attached hydrogen (secondary N) is 2. The van der Waals surface area contributed by atoms with Gasteiger partial charge in [-0.3, -0.25) is 4.79 Å². The van der Waals surface area contributed by atoms with Crippen LogP contribution in [-0.2, 0) is 0 Å². The minimum absolute atomic E-state index is 0.0602. The molecule has 1 rings (SSSR count). The average Bonchev–Trinajstić information content (AvgIpc) is 2.30. The molecule has 0 aromatic carbocycles. The van der Waals surface area contributed by atoms with Crippen molar-refractivity contribution in [3.05, 3.63) is 23.9 Å². The van der Waals surface area contributed by atoms with Crippen molar-refractivity contribution in [2.45, 2.75) is 39.7 Å². The van der Waals surface area contributed by atoms with Crippen LogP contribution in [0.5, 0.6) is 0 Å². The van der Waals surface area contributed by atoms with Crippen LogP contribution in [0.25, 0.3) is 0 Å². The van der Waals surface area contributed by atoms with E-state index in [1.54, 1.807) is 18.3 Å². The Morgan fingerprint density at radius 2 is 2.24 bits per heavy atom. The molecule has 1 heterocycles. The molecule has 0 saturated heterocycles. The van der Waals surface area contributed by atoms with Crippen molar-refractivity contribution in [1.29, 1.82) is 0 Å². The summed E-state index contributed by atoms with van der Waals surface area (Å²) in [6.45, 7) is 6.86. The lowest BCUT2D eigenvalue weighted by atomic mass is 10.1. The number of pyridine rings is 1. The maximum atomic E-state index is 12.0. The van der Waals surface area contributed by atoms with Crippen molar-refractivity contribution in [1.82, 2.24) is 10.3 Å². The summed E-state index contributed by atoms with van der Waals surface area (Å²) in [5.41, 5.74) is 0.609. The van der Waals surface area contributed by atoms with E-state index in [9.17, 15) is 4.79 Å². The van der Waals surface area contributed by atoms with Crippen LogP contribution in [-0.4, -0.2) is 23.5 Å². The van der Waals surface area contributed by atoms with Gasteiger partial charge >= 0.3 is 0 Å². The lowest BCUT2D eigenvalue weighted by Gasteiger charge is -2.14. The van der Waals surface area contributed by atoms with Gasteiger partial charge < -0.3 is 10.6 Å². The van der Waals surface area contributed by atoms with E-state index in [1.165, 1.54) is 0 Å². The highest BCUT2D eigenvalue weighted by atomic mass is 16.1. The molecule has 4 nitrogen and oxygen atoms in total. The van der Waals surface area contributed by atoms with Gasteiger partial charge in [0, 0.05) is 18.8 Å². The highest BCUT2D eigenvalue weighted by Crippen LogP contribution is 2.11. The molecule has 94 valence electrons. The molecule has 2 N–H and O–H groups in total. The van der Waals surface area contributed by atoms with Gasteiger partial charge in [-0.05, 0) is 32.4 Å². The molecule has 1 atom stereocenters. The van der Waals surface area contributed by atoms with Gasteiger partial charge in [0.2, 0.25) is 0 Å². The Hall–Kier alpha value is -1.58. The van der Waals surface area contributed by atoms with Crippen LogP contribution in [0.4, 0.5) is 5.82 Å². The normalized spacial score (nSPS) is 11.9. The largest absolute Gasteiger partial charge is 0.370 e. The molecule has 0 spiro atoms. The number of hydrogen-bond acceptors (Lipinski definition) is 3. The predicted octanol–water partition coefficient (Wildman–Crippen LogP) is 2.43. The smallest absolute Gasteiger partial charge is 0.255 e. The van der Waals surface area contributed by atoms with Gasteiger partial charge in [0.25, 0.3) is 5.91 Å². The third-order valence-corrected chi connectivity index (χ3v) is 2.50. The summed E-state index contributed by atoms with van der Waals surface area (Å²) >= 11 is 0. The summed E-state index contributed by atoms with van der Waals surface area (Å²) in [5, 5.41) is 6.07. The van der Waals surface area contributed by atoms with E-state index in [1.807, 2.05) is 13.8 Å². The second-order valence-corrected chi connectivity index (χ2v) is 4.09. The summed E-state index contributed by atoms with van der Waals surface area (Å²) in [6, 6.07) is 3.77. The number of hydrogen-bond donors (Lipinski definition) is 2. The Kier molecular flexibility index (Phi) is 5.46. The molecule has 1 aromatic rings. The minimum atomic E-state index is -0.0602. The Labute approximate surface area is 103 Å². The number of rotatable bonds is 6. The van der Waals surface area contributed by atoms with Gasteiger partial charge in [0.05, 0.1) is 5.56 Å². The van der Waals surface area contributed by atoms with Crippen molar-refractivity contribution < 1.29 is 4.79 Å². The zero-order valence-electron chi connectivity index (χ0n) is 10.8. The summed E-state index contributed by atoms with van der Waals surface area (Å²) in [4.78, 5) is 16.2. The van der Waals surface area contributed by atoms with Crippen LogP contribution in [0.15, 0.2) is 18.3 Å². The molecule has 1 unspecified atom stereocenters. The SMILES string of the molecule is CCCC(C)NC(=O)c1cccnc1NCC. The lowest BCUT2D eigenvalue weighted by Crippen LogP contribution is -2.33. The van der Waals surface area contributed by atoms with Gasteiger partial charge in [-0.15, -0.1) is 0 Å². The van der Waals surface area contributed by atoms with Crippen LogP contribution in [0, 0.1) is 0 Å². The number of amides is 1. The molecule has 0 aliphatic rings. The van der Waals surface area contributed by atoms with E-state index in [2.05, 4.69) is 22.5 Å². The zero-order chi connectivity index (χ0) is 12.7. The molecule has 17 heavy (non-hydrogen) atoms. The van der Waals surface area contributed by atoms with Crippen molar-refractivity contribution in [3.63, 3.8) is 0 Å². The lowest BCUT2D eigenvalue weighted by molar-refractivity contribution is 0.0939. The van der Waals surface area contributed by atoms with Crippen molar-refractivity contribution in [2.24, 2.45) is 0 Å². The third-order valence-electron chi connectivity index (χ3n) is 2.50. The van der Waals surface area contributed by atoms with E-state index in [-0.39, 0.29) is 11.9 Å². The van der Waals surface area contributed by atoms with Crippen molar-refractivity contribution >= 4 is 11.7 Å². The van der Waals surface area contributed by atoms with Crippen molar-refractivity contribution in [3.8, 4) is 0 Å². The van der Waals surface area contributed by atoms with Gasteiger partial charge in [0.15, 0.2) is 0 Å². The molecule has 0 saturated carbocycles. The van der Waals surface area contributed by atoms with Gasteiger partial charge in [-0.1, -0.05) is 13.3 Å². The number of aromatic nitrogens is 1. The number of anilines is 1.